The Labute approximate surface area is 141 Å². The normalized spacial score (nSPS) is 52.7. The van der Waals surface area contributed by atoms with E-state index in [-0.39, 0.29) is 11.4 Å². The van der Waals surface area contributed by atoms with E-state index in [1.165, 1.54) is 44.8 Å². The predicted molar refractivity (Wildman–Crippen MR) is 91.8 cm³/mol. The zero-order valence-corrected chi connectivity index (χ0v) is 15.3. The summed E-state index contributed by atoms with van der Waals surface area (Å²) in [7, 11) is 1.51. The lowest BCUT2D eigenvalue weighted by molar-refractivity contribution is -0.144. The topological polar surface area (TPSA) is 26.3 Å². The molecule has 4 bridgehead atoms. The fourth-order valence-corrected chi connectivity index (χ4v) is 7.84. The molecule has 0 unspecified atom stereocenters. The van der Waals surface area contributed by atoms with Gasteiger partial charge in [-0.1, -0.05) is 26.0 Å². The number of carbonyl (C=O) groups excluding carboxylic acids is 1. The van der Waals surface area contributed by atoms with Gasteiger partial charge < -0.3 is 4.74 Å². The van der Waals surface area contributed by atoms with Crippen molar-refractivity contribution in [2.75, 3.05) is 7.11 Å². The van der Waals surface area contributed by atoms with Crippen LogP contribution in [0.5, 0.6) is 0 Å². The van der Waals surface area contributed by atoms with Gasteiger partial charge in [0.05, 0.1) is 7.11 Å². The highest BCUT2D eigenvalue weighted by Gasteiger charge is 2.77. The summed E-state index contributed by atoms with van der Waals surface area (Å²) in [6.07, 6.45) is 8.53. The standard InChI is InChI=1S/C21H32O2/c1-13(2)14-6-9-21-11-16-15(20(16,4)12-21)10-17(21)19(14,3)8-7-18(22)23-5/h14-17H,1,6-12H2,2-5H3/t14-,15+,16+,17-,19+,20+,21-/m0/s1. The molecule has 0 aliphatic heterocycles. The number of methoxy groups -OCH3 is 1. The van der Waals surface area contributed by atoms with Crippen molar-refractivity contribution in [1.82, 2.24) is 0 Å². The maximum absolute atomic E-state index is 11.8. The molecule has 7 atom stereocenters. The number of ether oxygens (including phenoxy) is 1. The Morgan fingerprint density at radius 2 is 2.04 bits per heavy atom. The predicted octanol–water partition coefficient (Wildman–Crippen LogP) is 4.98. The fraction of sp³-hybridized carbons (Fsp3) is 0.857. The van der Waals surface area contributed by atoms with Crippen LogP contribution in [-0.2, 0) is 9.53 Å². The zero-order valence-electron chi connectivity index (χ0n) is 15.3. The van der Waals surface area contributed by atoms with Gasteiger partial charge in [0.2, 0.25) is 0 Å². The Morgan fingerprint density at radius 3 is 2.61 bits per heavy atom. The van der Waals surface area contributed by atoms with Gasteiger partial charge in [0.1, 0.15) is 0 Å². The Hall–Kier alpha value is -0.790. The second-order valence-electron chi connectivity index (χ2n) is 9.77. The minimum absolute atomic E-state index is 0.0510. The third-order valence-corrected chi connectivity index (χ3v) is 8.87. The van der Waals surface area contributed by atoms with Crippen molar-refractivity contribution in [3.8, 4) is 0 Å². The van der Waals surface area contributed by atoms with E-state index >= 15 is 0 Å². The molecule has 0 aromatic heterocycles. The fourth-order valence-electron chi connectivity index (χ4n) is 7.84. The van der Waals surface area contributed by atoms with Crippen molar-refractivity contribution in [2.24, 2.45) is 39.9 Å². The zero-order chi connectivity index (χ0) is 16.6. The molecule has 0 saturated heterocycles. The summed E-state index contributed by atoms with van der Waals surface area (Å²) in [4.78, 5) is 11.8. The third kappa shape index (κ3) is 1.90. The van der Waals surface area contributed by atoms with Crippen LogP contribution in [0.25, 0.3) is 0 Å². The van der Waals surface area contributed by atoms with Crippen molar-refractivity contribution in [2.45, 2.75) is 65.7 Å². The molecule has 23 heavy (non-hydrogen) atoms. The van der Waals surface area contributed by atoms with Crippen LogP contribution in [0.3, 0.4) is 0 Å². The molecule has 5 rings (SSSR count). The molecule has 2 nitrogen and oxygen atoms in total. The van der Waals surface area contributed by atoms with Crippen molar-refractivity contribution in [3.05, 3.63) is 12.2 Å². The van der Waals surface area contributed by atoms with Gasteiger partial charge in [-0.2, -0.15) is 0 Å². The first-order chi connectivity index (χ1) is 10.8. The molecular formula is C21H32O2. The summed E-state index contributed by atoms with van der Waals surface area (Å²) in [5.74, 6) is 3.29. The summed E-state index contributed by atoms with van der Waals surface area (Å²) in [6.45, 7) is 11.5. The summed E-state index contributed by atoms with van der Waals surface area (Å²) in [6, 6.07) is 0. The van der Waals surface area contributed by atoms with Crippen LogP contribution in [-0.4, -0.2) is 13.1 Å². The number of esters is 1. The van der Waals surface area contributed by atoms with Crippen molar-refractivity contribution < 1.29 is 9.53 Å². The average molecular weight is 316 g/mol. The number of allylic oxidation sites excluding steroid dienone is 1. The highest BCUT2D eigenvalue weighted by Crippen LogP contribution is 2.84. The quantitative estimate of drug-likeness (QED) is 0.540. The van der Waals surface area contributed by atoms with Gasteiger partial charge >= 0.3 is 5.97 Å². The molecule has 0 N–H and O–H groups in total. The van der Waals surface area contributed by atoms with E-state index in [1.54, 1.807) is 0 Å². The largest absolute Gasteiger partial charge is 0.469 e. The lowest BCUT2D eigenvalue weighted by Gasteiger charge is -2.61. The molecule has 0 aromatic carbocycles. The number of hydrogen-bond donors (Lipinski definition) is 0. The summed E-state index contributed by atoms with van der Waals surface area (Å²) < 4.78 is 4.94. The Bertz CT molecular complexity index is 566. The Balaban J connectivity index is 1.64. The van der Waals surface area contributed by atoms with Crippen LogP contribution in [0, 0.1) is 39.9 Å². The highest BCUT2D eigenvalue weighted by atomic mass is 16.5. The van der Waals surface area contributed by atoms with Crippen LogP contribution < -0.4 is 0 Å². The van der Waals surface area contributed by atoms with Crippen LogP contribution in [0.15, 0.2) is 12.2 Å². The molecule has 0 heterocycles. The van der Waals surface area contributed by atoms with Gasteiger partial charge in [-0.3, -0.25) is 4.79 Å². The molecule has 5 aliphatic carbocycles. The molecule has 2 heteroatoms. The molecule has 1 spiro atoms. The molecule has 5 saturated carbocycles. The maximum Gasteiger partial charge on any atom is 0.305 e. The molecule has 0 amide bonds. The van der Waals surface area contributed by atoms with E-state index in [9.17, 15) is 4.79 Å². The van der Waals surface area contributed by atoms with Gasteiger partial charge in [0, 0.05) is 6.42 Å². The molecular weight excluding hydrogens is 284 g/mol. The SMILES string of the molecule is C=C(C)[C@@H]1CC[C@@]23C[C@@H]4[C@@H](C[C@H]2[C@]1(C)CCC(=O)OC)[C@@]4(C)C3. The minimum Gasteiger partial charge on any atom is -0.469 e. The van der Waals surface area contributed by atoms with Crippen LogP contribution in [0.1, 0.15) is 65.7 Å². The average Bonchev–Trinajstić information content (AvgIpc) is 2.95. The number of hydrogen-bond acceptors (Lipinski definition) is 2. The van der Waals surface area contributed by atoms with Crippen LogP contribution in [0.2, 0.25) is 0 Å². The second-order valence-corrected chi connectivity index (χ2v) is 9.77. The van der Waals surface area contributed by atoms with Crippen LogP contribution in [0.4, 0.5) is 0 Å². The van der Waals surface area contributed by atoms with Gasteiger partial charge in [0.25, 0.3) is 0 Å². The molecule has 5 fully saturated rings. The lowest BCUT2D eigenvalue weighted by atomic mass is 9.44. The van der Waals surface area contributed by atoms with E-state index in [1.807, 2.05) is 0 Å². The third-order valence-electron chi connectivity index (χ3n) is 8.87. The van der Waals surface area contributed by atoms with Gasteiger partial charge in [-0.15, -0.1) is 0 Å². The lowest BCUT2D eigenvalue weighted by Crippen LogP contribution is -2.53. The van der Waals surface area contributed by atoms with Gasteiger partial charge in [-0.05, 0) is 85.4 Å². The first-order valence-electron chi connectivity index (χ1n) is 9.49. The smallest absolute Gasteiger partial charge is 0.305 e. The molecule has 128 valence electrons. The Kier molecular flexibility index (Phi) is 3.17. The first kappa shape index (κ1) is 15.7. The Morgan fingerprint density at radius 1 is 1.30 bits per heavy atom. The van der Waals surface area contributed by atoms with E-state index in [0.29, 0.717) is 23.2 Å². The highest BCUT2D eigenvalue weighted by molar-refractivity contribution is 5.69. The van der Waals surface area contributed by atoms with Gasteiger partial charge in [-0.25, -0.2) is 0 Å². The molecule has 5 aliphatic rings. The minimum atomic E-state index is -0.0510. The summed E-state index contributed by atoms with van der Waals surface area (Å²) in [5.41, 5.74) is 2.81. The summed E-state index contributed by atoms with van der Waals surface area (Å²) >= 11 is 0. The first-order valence-corrected chi connectivity index (χ1v) is 9.49. The summed E-state index contributed by atoms with van der Waals surface area (Å²) in [5, 5.41) is 0. The van der Waals surface area contributed by atoms with E-state index in [0.717, 1.165) is 24.2 Å². The number of carbonyl (C=O) groups is 1. The second kappa shape index (κ2) is 4.64. The molecule has 0 aromatic rings. The van der Waals surface area contributed by atoms with E-state index in [4.69, 9.17) is 4.74 Å². The van der Waals surface area contributed by atoms with Crippen molar-refractivity contribution >= 4 is 5.97 Å². The van der Waals surface area contributed by atoms with Crippen LogP contribution >= 0.6 is 0 Å². The van der Waals surface area contributed by atoms with Crippen molar-refractivity contribution in [3.63, 3.8) is 0 Å². The van der Waals surface area contributed by atoms with Gasteiger partial charge in [0.15, 0.2) is 0 Å². The number of rotatable bonds is 4. The van der Waals surface area contributed by atoms with E-state index in [2.05, 4.69) is 27.4 Å². The monoisotopic (exact) mass is 316 g/mol. The molecule has 0 radical (unpaired) electrons. The van der Waals surface area contributed by atoms with E-state index < -0.39 is 0 Å². The maximum atomic E-state index is 11.8. The van der Waals surface area contributed by atoms with Crippen molar-refractivity contribution in [1.29, 1.82) is 0 Å².